The van der Waals surface area contributed by atoms with Gasteiger partial charge in [0.05, 0.1) is 5.56 Å². The fourth-order valence-corrected chi connectivity index (χ4v) is 4.23. The number of benzene rings is 2. The molecular formula is C22H22N2OS. The van der Waals surface area contributed by atoms with Crippen molar-refractivity contribution < 1.29 is 4.79 Å². The van der Waals surface area contributed by atoms with Crippen molar-refractivity contribution in [2.24, 2.45) is 0 Å². The molecule has 0 fully saturated rings. The van der Waals surface area contributed by atoms with Gasteiger partial charge in [-0.05, 0) is 22.1 Å². The van der Waals surface area contributed by atoms with Gasteiger partial charge in [0.15, 0.2) is 0 Å². The van der Waals surface area contributed by atoms with Crippen LogP contribution in [0.1, 0.15) is 48.4 Å². The topological polar surface area (TPSA) is 41.1 Å². The second kappa shape index (κ2) is 6.29. The molecule has 2 heterocycles. The first-order valence-corrected chi connectivity index (χ1v) is 9.66. The van der Waals surface area contributed by atoms with E-state index in [1.165, 1.54) is 5.56 Å². The third-order valence-corrected chi connectivity index (χ3v) is 5.68. The Kier molecular flexibility index (Phi) is 4.08. The molecule has 0 aliphatic carbocycles. The van der Waals surface area contributed by atoms with E-state index >= 15 is 0 Å². The molecule has 4 heteroatoms. The first-order chi connectivity index (χ1) is 12.4. The first kappa shape index (κ1) is 16.9. The number of hydrogen-bond acceptors (Lipinski definition) is 3. The fourth-order valence-electron chi connectivity index (χ4n) is 3.23. The first-order valence-electron chi connectivity index (χ1n) is 8.78. The van der Waals surface area contributed by atoms with E-state index in [0.29, 0.717) is 0 Å². The van der Waals surface area contributed by atoms with Gasteiger partial charge in [-0.1, -0.05) is 75.4 Å². The monoisotopic (exact) mass is 362 g/mol. The molecule has 2 aromatic carbocycles. The zero-order chi connectivity index (χ0) is 18.3. The lowest BCUT2D eigenvalue weighted by atomic mass is 9.86. The van der Waals surface area contributed by atoms with Crippen LogP contribution in [0.3, 0.4) is 0 Å². The largest absolute Gasteiger partial charge is 0.353 e. The summed E-state index contributed by atoms with van der Waals surface area (Å²) in [5.74, 6) is -0.0243. The third-order valence-electron chi connectivity index (χ3n) is 4.76. The minimum atomic E-state index is -0.203. The van der Waals surface area contributed by atoms with Crippen molar-refractivity contribution in [3.8, 4) is 11.1 Å². The van der Waals surface area contributed by atoms with E-state index in [9.17, 15) is 4.79 Å². The van der Waals surface area contributed by atoms with Gasteiger partial charge in [-0.3, -0.25) is 4.79 Å². The summed E-state index contributed by atoms with van der Waals surface area (Å²) in [7, 11) is 0. The van der Waals surface area contributed by atoms with Crippen molar-refractivity contribution in [2.75, 3.05) is 5.32 Å². The van der Waals surface area contributed by atoms with Gasteiger partial charge in [0.25, 0.3) is 5.91 Å². The van der Waals surface area contributed by atoms with Crippen LogP contribution < -0.4 is 10.6 Å². The van der Waals surface area contributed by atoms with Crippen LogP contribution in [0.5, 0.6) is 0 Å². The van der Waals surface area contributed by atoms with Gasteiger partial charge in [0.2, 0.25) is 0 Å². The van der Waals surface area contributed by atoms with Gasteiger partial charge in [0.1, 0.15) is 11.2 Å². The Morgan fingerprint density at radius 2 is 1.62 bits per heavy atom. The van der Waals surface area contributed by atoms with Gasteiger partial charge in [-0.2, -0.15) is 0 Å². The molecule has 1 aliphatic rings. The van der Waals surface area contributed by atoms with Crippen molar-refractivity contribution in [3.63, 3.8) is 0 Å². The van der Waals surface area contributed by atoms with E-state index in [0.717, 1.165) is 27.3 Å². The van der Waals surface area contributed by atoms with E-state index in [4.69, 9.17) is 0 Å². The SMILES string of the molecule is CC(C)(C)c1ccc([C@@H]2NC(=O)c3c(-c4ccccc4)csc3N2)cc1. The molecule has 1 aromatic heterocycles. The molecule has 0 saturated heterocycles. The number of amides is 1. The van der Waals surface area contributed by atoms with E-state index in [1.54, 1.807) is 11.3 Å². The van der Waals surface area contributed by atoms with Crippen molar-refractivity contribution in [2.45, 2.75) is 32.4 Å². The number of hydrogen-bond donors (Lipinski definition) is 2. The number of anilines is 1. The molecule has 1 aliphatic heterocycles. The number of carbonyl (C=O) groups excluding carboxylic acids is 1. The summed E-state index contributed by atoms with van der Waals surface area (Å²) in [5, 5.41) is 9.56. The van der Waals surface area contributed by atoms with Crippen molar-refractivity contribution in [1.29, 1.82) is 0 Å². The van der Waals surface area contributed by atoms with Crippen molar-refractivity contribution >= 4 is 22.2 Å². The normalized spacial score (nSPS) is 16.6. The average molecular weight is 362 g/mol. The van der Waals surface area contributed by atoms with Crippen LogP contribution in [0.4, 0.5) is 5.00 Å². The highest BCUT2D eigenvalue weighted by atomic mass is 32.1. The summed E-state index contributed by atoms with van der Waals surface area (Å²) >= 11 is 1.58. The number of fused-ring (bicyclic) bond motifs is 1. The molecule has 2 N–H and O–H groups in total. The molecule has 1 amide bonds. The van der Waals surface area contributed by atoms with Crippen LogP contribution in [0, 0.1) is 0 Å². The van der Waals surface area contributed by atoms with Gasteiger partial charge in [-0.15, -0.1) is 11.3 Å². The fraction of sp³-hybridized carbons (Fsp3) is 0.227. The molecule has 0 bridgehead atoms. The zero-order valence-corrected chi connectivity index (χ0v) is 16.0. The van der Waals surface area contributed by atoms with Crippen LogP contribution in [-0.2, 0) is 5.41 Å². The van der Waals surface area contributed by atoms with Crippen LogP contribution >= 0.6 is 11.3 Å². The minimum absolute atomic E-state index is 0.0243. The van der Waals surface area contributed by atoms with Crippen molar-refractivity contribution in [3.05, 3.63) is 76.7 Å². The molecule has 0 unspecified atom stereocenters. The van der Waals surface area contributed by atoms with Crippen molar-refractivity contribution in [1.82, 2.24) is 5.32 Å². The predicted octanol–water partition coefficient (Wildman–Crippen LogP) is 5.57. The highest BCUT2D eigenvalue weighted by molar-refractivity contribution is 7.15. The lowest BCUT2D eigenvalue weighted by Gasteiger charge is -2.27. The Bertz CT molecular complexity index is 937. The molecular weight excluding hydrogens is 340 g/mol. The third kappa shape index (κ3) is 3.01. The standard InChI is InChI=1S/C22H22N2OS/c1-22(2,3)16-11-9-15(10-12-16)19-23-20(25)18-17(13-26-21(18)24-19)14-7-5-4-6-8-14/h4-13,19,24H,1-3H3,(H,23,25)/t19-/m1/s1. The summed E-state index contributed by atoms with van der Waals surface area (Å²) in [6.07, 6.45) is -0.203. The summed E-state index contributed by atoms with van der Waals surface area (Å²) in [6, 6.07) is 18.5. The Morgan fingerprint density at radius 1 is 0.923 bits per heavy atom. The molecule has 0 saturated carbocycles. The summed E-state index contributed by atoms with van der Waals surface area (Å²) in [4.78, 5) is 12.8. The second-order valence-electron chi connectivity index (χ2n) is 7.64. The summed E-state index contributed by atoms with van der Waals surface area (Å²) in [6.45, 7) is 6.60. The van der Waals surface area contributed by atoms with E-state index < -0.39 is 0 Å². The number of carbonyl (C=O) groups is 1. The number of rotatable bonds is 2. The number of nitrogens with one attached hydrogen (secondary N) is 2. The van der Waals surface area contributed by atoms with Crippen LogP contribution in [0.25, 0.3) is 11.1 Å². The Labute approximate surface area is 158 Å². The minimum Gasteiger partial charge on any atom is -0.353 e. The maximum absolute atomic E-state index is 12.8. The Balaban J connectivity index is 1.63. The smallest absolute Gasteiger partial charge is 0.256 e. The number of thiophene rings is 1. The second-order valence-corrected chi connectivity index (χ2v) is 8.52. The Hall–Kier alpha value is -2.59. The molecule has 132 valence electrons. The van der Waals surface area contributed by atoms with Crippen LogP contribution in [-0.4, -0.2) is 5.91 Å². The predicted molar refractivity (Wildman–Crippen MR) is 109 cm³/mol. The maximum Gasteiger partial charge on any atom is 0.256 e. The summed E-state index contributed by atoms with van der Waals surface area (Å²) in [5.41, 5.74) is 5.25. The highest BCUT2D eigenvalue weighted by Crippen LogP contribution is 2.39. The maximum atomic E-state index is 12.8. The van der Waals surface area contributed by atoms with Gasteiger partial charge in [0, 0.05) is 10.9 Å². The average Bonchev–Trinajstić information content (AvgIpc) is 3.06. The van der Waals surface area contributed by atoms with Gasteiger partial charge in [-0.25, -0.2) is 0 Å². The quantitative estimate of drug-likeness (QED) is 0.626. The highest BCUT2D eigenvalue weighted by Gasteiger charge is 2.29. The molecule has 3 aromatic rings. The van der Waals surface area contributed by atoms with Crippen LogP contribution in [0.15, 0.2) is 60.0 Å². The van der Waals surface area contributed by atoms with E-state index in [1.807, 2.05) is 30.3 Å². The Morgan fingerprint density at radius 3 is 2.27 bits per heavy atom. The van der Waals surface area contributed by atoms with E-state index in [2.05, 4.69) is 61.1 Å². The molecule has 3 nitrogen and oxygen atoms in total. The molecule has 4 rings (SSSR count). The molecule has 0 radical (unpaired) electrons. The van der Waals surface area contributed by atoms with Gasteiger partial charge >= 0.3 is 0 Å². The lowest BCUT2D eigenvalue weighted by Crippen LogP contribution is -2.38. The molecule has 0 spiro atoms. The lowest BCUT2D eigenvalue weighted by molar-refractivity contribution is 0.0937. The molecule has 1 atom stereocenters. The van der Waals surface area contributed by atoms with Gasteiger partial charge < -0.3 is 10.6 Å². The van der Waals surface area contributed by atoms with Crippen LogP contribution in [0.2, 0.25) is 0 Å². The molecule has 26 heavy (non-hydrogen) atoms. The summed E-state index contributed by atoms with van der Waals surface area (Å²) < 4.78 is 0. The zero-order valence-electron chi connectivity index (χ0n) is 15.2. The van der Waals surface area contributed by atoms with E-state index in [-0.39, 0.29) is 17.5 Å².